The molecule has 0 aromatic heterocycles. The minimum Gasteiger partial charge on any atom is -0.508 e. The van der Waals surface area contributed by atoms with Gasteiger partial charge in [0.15, 0.2) is 0 Å². The Morgan fingerprint density at radius 1 is 1.39 bits per heavy atom. The lowest BCUT2D eigenvalue weighted by Crippen LogP contribution is -2.26. The Kier molecular flexibility index (Phi) is 5.07. The number of rotatable bonds is 5. The molecule has 1 atom stereocenters. The summed E-state index contributed by atoms with van der Waals surface area (Å²) in [6.07, 6.45) is 6.47. The fourth-order valence-corrected chi connectivity index (χ4v) is 3.18. The molecule has 0 saturated heterocycles. The van der Waals surface area contributed by atoms with Crippen molar-refractivity contribution in [3.8, 4) is 5.75 Å². The molecule has 3 heteroatoms. The molecule has 0 amide bonds. The van der Waals surface area contributed by atoms with Crippen molar-refractivity contribution in [2.75, 3.05) is 6.54 Å². The number of phenols is 1. The standard InChI is InChI=1S/C15H22BrNO/c1-2-14(17-10-11-5-3-4-6-11)13-9-12(16)7-8-15(13)18/h7-9,11,14,17-18H,2-6,10H2,1H3. The second-order valence-corrected chi connectivity index (χ2v) is 6.14. The van der Waals surface area contributed by atoms with Crippen LogP contribution in [0.2, 0.25) is 0 Å². The fraction of sp³-hybridized carbons (Fsp3) is 0.600. The third-order valence-electron chi connectivity index (χ3n) is 3.90. The number of halogens is 1. The third-order valence-corrected chi connectivity index (χ3v) is 4.39. The van der Waals surface area contributed by atoms with Crippen molar-refractivity contribution in [1.29, 1.82) is 0 Å². The van der Waals surface area contributed by atoms with Crippen molar-refractivity contribution in [2.45, 2.75) is 45.1 Å². The van der Waals surface area contributed by atoms with Gasteiger partial charge >= 0.3 is 0 Å². The zero-order valence-corrected chi connectivity index (χ0v) is 12.5. The van der Waals surface area contributed by atoms with Crippen molar-refractivity contribution in [3.05, 3.63) is 28.2 Å². The molecule has 2 rings (SSSR count). The molecule has 18 heavy (non-hydrogen) atoms. The SMILES string of the molecule is CCC(NCC1CCCC1)c1cc(Br)ccc1O. The molecular formula is C15H22BrNO. The van der Waals surface area contributed by atoms with E-state index in [0.717, 1.165) is 28.9 Å². The highest BCUT2D eigenvalue weighted by atomic mass is 79.9. The van der Waals surface area contributed by atoms with E-state index < -0.39 is 0 Å². The van der Waals surface area contributed by atoms with Gasteiger partial charge in [-0.25, -0.2) is 0 Å². The van der Waals surface area contributed by atoms with Crippen LogP contribution in [0.5, 0.6) is 5.75 Å². The van der Waals surface area contributed by atoms with Gasteiger partial charge in [-0.15, -0.1) is 0 Å². The second kappa shape index (κ2) is 6.58. The van der Waals surface area contributed by atoms with E-state index in [-0.39, 0.29) is 6.04 Å². The summed E-state index contributed by atoms with van der Waals surface area (Å²) in [7, 11) is 0. The minimum absolute atomic E-state index is 0.253. The van der Waals surface area contributed by atoms with E-state index in [1.54, 1.807) is 6.07 Å². The Balaban J connectivity index is 2.00. The molecule has 2 nitrogen and oxygen atoms in total. The van der Waals surface area contributed by atoms with Crippen LogP contribution in [-0.4, -0.2) is 11.7 Å². The maximum Gasteiger partial charge on any atom is 0.120 e. The van der Waals surface area contributed by atoms with Gasteiger partial charge in [-0.05, 0) is 49.9 Å². The van der Waals surface area contributed by atoms with Crippen LogP contribution in [0.4, 0.5) is 0 Å². The summed E-state index contributed by atoms with van der Waals surface area (Å²) in [6, 6.07) is 5.91. The van der Waals surface area contributed by atoms with Crippen molar-refractivity contribution in [2.24, 2.45) is 5.92 Å². The summed E-state index contributed by atoms with van der Waals surface area (Å²) in [5.74, 6) is 1.22. The van der Waals surface area contributed by atoms with Crippen LogP contribution < -0.4 is 5.32 Å². The Morgan fingerprint density at radius 2 is 2.11 bits per heavy atom. The van der Waals surface area contributed by atoms with E-state index in [1.807, 2.05) is 12.1 Å². The number of benzene rings is 1. The monoisotopic (exact) mass is 311 g/mol. The highest BCUT2D eigenvalue weighted by Gasteiger charge is 2.18. The molecular weight excluding hydrogens is 290 g/mol. The number of hydrogen-bond acceptors (Lipinski definition) is 2. The maximum atomic E-state index is 9.97. The second-order valence-electron chi connectivity index (χ2n) is 5.22. The van der Waals surface area contributed by atoms with E-state index in [2.05, 4.69) is 28.2 Å². The predicted octanol–water partition coefficient (Wildman–Crippen LogP) is 4.39. The first-order valence-electron chi connectivity index (χ1n) is 6.92. The summed E-state index contributed by atoms with van der Waals surface area (Å²) >= 11 is 3.47. The largest absolute Gasteiger partial charge is 0.508 e. The third kappa shape index (κ3) is 3.48. The van der Waals surface area contributed by atoms with Gasteiger partial charge in [0.25, 0.3) is 0 Å². The molecule has 0 spiro atoms. The quantitative estimate of drug-likeness (QED) is 0.845. The van der Waals surface area contributed by atoms with Gasteiger partial charge in [0.1, 0.15) is 5.75 Å². The van der Waals surface area contributed by atoms with Crippen LogP contribution >= 0.6 is 15.9 Å². The number of phenolic OH excluding ortho intramolecular Hbond substituents is 1. The smallest absolute Gasteiger partial charge is 0.120 e. The summed E-state index contributed by atoms with van der Waals surface area (Å²) in [4.78, 5) is 0. The van der Waals surface area contributed by atoms with Gasteiger partial charge in [0.05, 0.1) is 0 Å². The summed E-state index contributed by atoms with van der Waals surface area (Å²) in [5.41, 5.74) is 1.00. The van der Waals surface area contributed by atoms with Gasteiger partial charge in [-0.2, -0.15) is 0 Å². The topological polar surface area (TPSA) is 32.3 Å². The lowest BCUT2D eigenvalue weighted by molar-refractivity contribution is 0.409. The molecule has 0 aliphatic heterocycles. The zero-order chi connectivity index (χ0) is 13.0. The summed E-state index contributed by atoms with van der Waals surface area (Å²) < 4.78 is 1.02. The average Bonchev–Trinajstić information content (AvgIpc) is 2.87. The molecule has 1 aliphatic carbocycles. The van der Waals surface area contributed by atoms with Gasteiger partial charge in [0, 0.05) is 16.1 Å². The molecule has 2 N–H and O–H groups in total. The lowest BCUT2D eigenvalue weighted by Gasteiger charge is -2.21. The Labute approximate surface area is 118 Å². The van der Waals surface area contributed by atoms with E-state index >= 15 is 0 Å². The molecule has 1 fully saturated rings. The highest BCUT2D eigenvalue weighted by molar-refractivity contribution is 9.10. The molecule has 100 valence electrons. The van der Waals surface area contributed by atoms with Crippen LogP contribution in [0.3, 0.4) is 0 Å². The van der Waals surface area contributed by atoms with Crippen molar-refractivity contribution >= 4 is 15.9 Å². The van der Waals surface area contributed by atoms with E-state index in [9.17, 15) is 5.11 Å². The number of nitrogens with one attached hydrogen (secondary N) is 1. The van der Waals surface area contributed by atoms with Crippen LogP contribution in [0.25, 0.3) is 0 Å². The van der Waals surface area contributed by atoms with Crippen LogP contribution in [0.15, 0.2) is 22.7 Å². The van der Waals surface area contributed by atoms with Crippen LogP contribution in [0.1, 0.15) is 50.6 Å². The normalized spacial score (nSPS) is 18.1. The molecule has 0 radical (unpaired) electrons. The summed E-state index contributed by atoms with van der Waals surface area (Å²) in [6.45, 7) is 3.23. The Morgan fingerprint density at radius 3 is 2.78 bits per heavy atom. The van der Waals surface area contributed by atoms with Crippen LogP contribution in [0, 0.1) is 5.92 Å². The molecule has 1 aromatic rings. The van der Waals surface area contributed by atoms with Gasteiger partial charge in [-0.1, -0.05) is 35.7 Å². The van der Waals surface area contributed by atoms with Gasteiger partial charge in [-0.3, -0.25) is 0 Å². The Hall–Kier alpha value is -0.540. The highest BCUT2D eigenvalue weighted by Crippen LogP contribution is 2.30. The molecule has 0 bridgehead atoms. The fourth-order valence-electron chi connectivity index (χ4n) is 2.80. The van der Waals surface area contributed by atoms with E-state index in [1.165, 1.54) is 25.7 Å². The first-order valence-corrected chi connectivity index (χ1v) is 7.71. The molecule has 1 aromatic carbocycles. The van der Waals surface area contributed by atoms with E-state index in [4.69, 9.17) is 0 Å². The van der Waals surface area contributed by atoms with Crippen molar-refractivity contribution < 1.29 is 5.11 Å². The predicted molar refractivity (Wildman–Crippen MR) is 78.8 cm³/mol. The number of aromatic hydroxyl groups is 1. The van der Waals surface area contributed by atoms with Gasteiger partial charge in [0.2, 0.25) is 0 Å². The Bertz CT molecular complexity index is 388. The minimum atomic E-state index is 0.253. The first-order chi connectivity index (χ1) is 8.70. The zero-order valence-electron chi connectivity index (χ0n) is 11.0. The molecule has 1 aliphatic rings. The van der Waals surface area contributed by atoms with E-state index in [0.29, 0.717) is 5.75 Å². The molecule has 0 heterocycles. The lowest BCUT2D eigenvalue weighted by atomic mass is 10.0. The molecule has 1 saturated carbocycles. The molecule has 1 unspecified atom stereocenters. The summed E-state index contributed by atoms with van der Waals surface area (Å²) in [5, 5.41) is 13.6. The van der Waals surface area contributed by atoms with Crippen molar-refractivity contribution in [3.63, 3.8) is 0 Å². The first kappa shape index (κ1) is 13.9. The number of hydrogen-bond donors (Lipinski definition) is 2. The van der Waals surface area contributed by atoms with Crippen LogP contribution in [-0.2, 0) is 0 Å². The van der Waals surface area contributed by atoms with Gasteiger partial charge < -0.3 is 10.4 Å². The van der Waals surface area contributed by atoms with Crippen molar-refractivity contribution in [1.82, 2.24) is 5.32 Å². The maximum absolute atomic E-state index is 9.97. The average molecular weight is 312 g/mol.